The predicted octanol–water partition coefficient (Wildman–Crippen LogP) is 3.20. The highest BCUT2D eigenvalue weighted by Gasteiger charge is 2.35. The molecule has 122 valence electrons. The van der Waals surface area contributed by atoms with Crippen LogP contribution in [0.3, 0.4) is 0 Å². The number of urea groups is 1. The first-order valence-corrected chi connectivity index (χ1v) is 8.17. The lowest BCUT2D eigenvalue weighted by Gasteiger charge is -2.35. The van der Waals surface area contributed by atoms with Gasteiger partial charge in [-0.2, -0.15) is 5.10 Å². The first kappa shape index (κ1) is 15.6. The van der Waals surface area contributed by atoms with Crippen molar-refractivity contribution in [3.05, 3.63) is 47.8 Å². The van der Waals surface area contributed by atoms with Crippen molar-refractivity contribution >= 4 is 6.03 Å². The minimum absolute atomic E-state index is 0.00207. The molecule has 1 heterocycles. The molecule has 0 aliphatic heterocycles. The molecule has 0 radical (unpaired) electrons. The van der Waals surface area contributed by atoms with Gasteiger partial charge in [0, 0.05) is 12.1 Å². The number of carbonyl (C=O) groups excluding carboxylic acids is 1. The number of amides is 2. The number of nitrogens with zero attached hydrogens (tertiary/aromatic N) is 2. The summed E-state index contributed by atoms with van der Waals surface area (Å²) in [4.78, 5) is 12.0. The molecule has 5 heteroatoms. The number of hydrogen-bond donors (Lipinski definition) is 2. The Morgan fingerprint density at radius 1 is 1.35 bits per heavy atom. The average molecular weight is 312 g/mol. The maximum Gasteiger partial charge on any atom is 0.315 e. The molecule has 0 bridgehead atoms. The smallest absolute Gasteiger partial charge is 0.315 e. The van der Waals surface area contributed by atoms with Gasteiger partial charge in [0.25, 0.3) is 0 Å². The van der Waals surface area contributed by atoms with E-state index < -0.39 is 0 Å². The van der Waals surface area contributed by atoms with Gasteiger partial charge in [-0.1, -0.05) is 32.0 Å². The highest BCUT2D eigenvalue weighted by molar-refractivity contribution is 5.74. The van der Waals surface area contributed by atoms with E-state index in [1.807, 2.05) is 36.0 Å². The van der Waals surface area contributed by atoms with Crippen molar-refractivity contribution in [2.24, 2.45) is 5.41 Å². The number of para-hydroxylation sites is 1. The van der Waals surface area contributed by atoms with Gasteiger partial charge in [-0.05, 0) is 37.3 Å². The van der Waals surface area contributed by atoms with Crippen LogP contribution in [0.25, 0.3) is 5.69 Å². The zero-order chi connectivity index (χ0) is 16.4. The summed E-state index contributed by atoms with van der Waals surface area (Å²) in [5.74, 6) is 0. The molecule has 0 saturated carbocycles. The summed E-state index contributed by atoms with van der Waals surface area (Å²) in [5, 5.41) is 10.5. The highest BCUT2D eigenvalue weighted by atomic mass is 16.2. The monoisotopic (exact) mass is 312 g/mol. The summed E-state index contributed by atoms with van der Waals surface area (Å²) in [6, 6.07) is 10.0. The molecule has 3 rings (SSSR count). The van der Waals surface area contributed by atoms with Gasteiger partial charge in [-0.3, -0.25) is 0 Å². The molecule has 1 aliphatic rings. The summed E-state index contributed by atoms with van der Waals surface area (Å²) < 4.78 is 2.00. The number of carbonyl (C=O) groups is 1. The highest BCUT2D eigenvalue weighted by Crippen LogP contribution is 2.41. The fraction of sp³-hybridized carbons (Fsp3) is 0.444. The zero-order valence-electron chi connectivity index (χ0n) is 14.0. The second kappa shape index (κ2) is 6.07. The molecule has 5 nitrogen and oxygen atoms in total. The molecule has 0 unspecified atom stereocenters. The van der Waals surface area contributed by atoms with Gasteiger partial charge in [0.2, 0.25) is 0 Å². The predicted molar refractivity (Wildman–Crippen MR) is 90.6 cm³/mol. The molecule has 1 atom stereocenters. The fourth-order valence-electron chi connectivity index (χ4n) is 3.33. The number of hydrogen-bond acceptors (Lipinski definition) is 2. The topological polar surface area (TPSA) is 59.0 Å². The van der Waals surface area contributed by atoms with Gasteiger partial charge in [0.15, 0.2) is 0 Å². The van der Waals surface area contributed by atoms with Gasteiger partial charge in [0.05, 0.1) is 23.6 Å². The van der Waals surface area contributed by atoms with Crippen LogP contribution in [0.5, 0.6) is 0 Å². The second-order valence-electron chi connectivity index (χ2n) is 6.90. The first-order valence-electron chi connectivity index (χ1n) is 8.17. The maximum absolute atomic E-state index is 12.0. The molecular weight excluding hydrogens is 288 g/mol. The van der Waals surface area contributed by atoms with Crippen LogP contribution in [0, 0.1) is 5.41 Å². The molecule has 23 heavy (non-hydrogen) atoms. The minimum Gasteiger partial charge on any atom is -0.338 e. The molecular formula is C18H24N4O. The summed E-state index contributed by atoms with van der Waals surface area (Å²) >= 11 is 0. The molecule has 0 fully saturated rings. The molecule has 1 aromatic carbocycles. The molecule has 2 N–H and O–H groups in total. The van der Waals surface area contributed by atoms with Gasteiger partial charge < -0.3 is 10.6 Å². The van der Waals surface area contributed by atoms with Crippen LogP contribution in [0.15, 0.2) is 36.5 Å². The Balaban J connectivity index is 1.96. The van der Waals surface area contributed by atoms with E-state index in [1.54, 1.807) is 0 Å². The van der Waals surface area contributed by atoms with Crippen LogP contribution in [-0.2, 0) is 6.42 Å². The Bertz CT molecular complexity index is 690. The first-order chi connectivity index (χ1) is 11.0. The SMILES string of the molecule is CCNC(=O)N[C@@H]1CC(C)(C)Cc2c1cnn2-c1ccccc1. The third kappa shape index (κ3) is 3.23. The van der Waals surface area contributed by atoms with Crippen molar-refractivity contribution in [3.8, 4) is 5.69 Å². The summed E-state index contributed by atoms with van der Waals surface area (Å²) in [7, 11) is 0. The Morgan fingerprint density at radius 2 is 2.09 bits per heavy atom. The number of benzene rings is 1. The average Bonchev–Trinajstić information content (AvgIpc) is 2.90. The number of aromatic nitrogens is 2. The minimum atomic E-state index is -0.117. The van der Waals surface area contributed by atoms with Crippen molar-refractivity contribution in [2.45, 2.75) is 39.7 Å². The third-order valence-corrected chi connectivity index (χ3v) is 4.32. The number of nitrogens with one attached hydrogen (secondary N) is 2. The van der Waals surface area contributed by atoms with Crippen molar-refractivity contribution in [1.82, 2.24) is 20.4 Å². The second-order valence-corrected chi connectivity index (χ2v) is 6.90. The van der Waals surface area contributed by atoms with E-state index in [-0.39, 0.29) is 17.5 Å². The van der Waals surface area contributed by atoms with Crippen LogP contribution in [0.4, 0.5) is 4.79 Å². The third-order valence-electron chi connectivity index (χ3n) is 4.32. The van der Waals surface area contributed by atoms with Crippen LogP contribution >= 0.6 is 0 Å². The van der Waals surface area contributed by atoms with Gasteiger partial charge in [-0.15, -0.1) is 0 Å². The quantitative estimate of drug-likeness (QED) is 0.914. The lowest BCUT2D eigenvalue weighted by molar-refractivity contribution is 0.221. The maximum atomic E-state index is 12.0. The fourth-order valence-corrected chi connectivity index (χ4v) is 3.33. The Hall–Kier alpha value is -2.30. The molecule has 2 amide bonds. The molecule has 2 aromatic rings. The van der Waals surface area contributed by atoms with Crippen LogP contribution < -0.4 is 10.6 Å². The zero-order valence-corrected chi connectivity index (χ0v) is 14.0. The van der Waals surface area contributed by atoms with Crippen molar-refractivity contribution in [2.75, 3.05) is 6.54 Å². The van der Waals surface area contributed by atoms with Crippen molar-refractivity contribution < 1.29 is 4.79 Å². The summed E-state index contributed by atoms with van der Waals surface area (Å²) in [6.07, 6.45) is 3.76. The van der Waals surface area contributed by atoms with Crippen LogP contribution in [0.1, 0.15) is 44.5 Å². The van der Waals surface area contributed by atoms with E-state index in [0.717, 1.165) is 24.1 Å². The summed E-state index contributed by atoms with van der Waals surface area (Å²) in [5.41, 5.74) is 3.49. The Kier molecular flexibility index (Phi) is 4.11. The normalized spacial score (nSPS) is 19.0. The van der Waals surface area contributed by atoms with E-state index in [9.17, 15) is 4.79 Å². The summed E-state index contributed by atoms with van der Waals surface area (Å²) in [6.45, 7) is 7.02. The van der Waals surface area contributed by atoms with Crippen LogP contribution in [0.2, 0.25) is 0 Å². The van der Waals surface area contributed by atoms with Gasteiger partial charge in [-0.25, -0.2) is 9.48 Å². The van der Waals surface area contributed by atoms with E-state index >= 15 is 0 Å². The van der Waals surface area contributed by atoms with E-state index in [2.05, 4.69) is 41.7 Å². The van der Waals surface area contributed by atoms with Crippen LogP contribution in [-0.4, -0.2) is 22.4 Å². The van der Waals surface area contributed by atoms with E-state index in [4.69, 9.17) is 0 Å². The van der Waals surface area contributed by atoms with E-state index in [1.165, 1.54) is 5.69 Å². The van der Waals surface area contributed by atoms with Gasteiger partial charge >= 0.3 is 6.03 Å². The standard InChI is InChI=1S/C18H24N4O/c1-4-19-17(23)21-15-10-18(2,3)11-16-14(15)12-20-22(16)13-8-6-5-7-9-13/h5-9,12,15H,4,10-11H2,1-3H3,(H2,19,21,23)/t15-/m1/s1. The van der Waals surface area contributed by atoms with E-state index in [0.29, 0.717) is 6.54 Å². The Morgan fingerprint density at radius 3 is 2.78 bits per heavy atom. The Labute approximate surface area is 137 Å². The number of rotatable bonds is 3. The molecule has 0 spiro atoms. The lowest BCUT2D eigenvalue weighted by atomic mass is 9.74. The van der Waals surface area contributed by atoms with Crippen molar-refractivity contribution in [1.29, 1.82) is 0 Å². The molecule has 1 aromatic heterocycles. The van der Waals surface area contributed by atoms with Gasteiger partial charge in [0.1, 0.15) is 0 Å². The number of fused-ring (bicyclic) bond motifs is 1. The van der Waals surface area contributed by atoms with Crippen molar-refractivity contribution in [3.63, 3.8) is 0 Å². The lowest BCUT2D eigenvalue weighted by Crippen LogP contribution is -2.41. The molecule has 1 aliphatic carbocycles. The largest absolute Gasteiger partial charge is 0.338 e. The molecule has 0 saturated heterocycles.